The van der Waals surface area contributed by atoms with Crippen LogP contribution < -0.4 is 15.5 Å². The number of benzene rings is 1. The van der Waals surface area contributed by atoms with E-state index >= 15 is 0 Å². The number of amides is 1. The van der Waals surface area contributed by atoms with Gasteiger partial charge in [0.25, 0.3) is 0 Å². The smallest absolute Gasteiger partial charge is 0.359 e. The van der Waals surface area contributed by atoms with Gasteiger partial charge < -0.3 is 20.4 Å². The van der Waals surface area contributed by atoms with Crippen molar-refractivity contribution in [1.82, 2.24) is 19.8 Å². The molecule has 1 aromatic heterocycles. The second-order valence-corrected chi connectivity index (χ2v) is 8.24. The van der Waals surface area contributed by atoms with Gasteiger partial charge in [0.15, 0.2) is 11.6 Å². The minimum absolute atomic E-state index is 0.0323. The molecule has 0 bridgehead atoms. The van der Waals surface area contributed by atoms with Crippen LogP contribution in [-0.2, 0) is 11.0 Å². The molecule has 172 valence electrons. The number of halogens is 3. The summed E-state index contributed by atoms with van der Waals surface area (Å²) < 4.78 is 38.9. The van der Waals surface area contributed by atoms with Crippen LogP contribution in [0.15, 0.2) is 30.6 Å². The van der Waals surface area contributed by atoms with Crippen molar-refractivity contribution in [2.24, 2.45) is 0 Å². The number of nitrogens with zero attached hydrogens (tertiary/aromatic N) is 5. The number of rotatable bonds is 5. The summed E-state index contributed by atoms with van der Waals surface area (Å²) in [6.45, 7) is 3.62. The molecule has 1 unspecified atom stereocenters. The second kappa shape index (κ2) is 8.91. The maximum absolute atomic E-state index is 13.0. The quantitative estimate of drug-likeness (QED) is 0.725. The van der Waals surface area contributed by atoms with Crippen molar-refractivity contribution in [1.29, 1.82) is 0 Å². The zero-order valence-corrected chi connectivity index (χ0v) is 18.0. The number of anilines is 3. The lowest BCUT2D eigenvalue weighted by molar-refractivity contribution is -0.137. The average Bonchev–Trinajstić information content (AvgIpc) is 2.76. The molecule has 2 N–H and O–H groups in total. The predicted molar refractivity (Wildman–Crippen MR) is 116 cm³/mol. The molecular formula is C21H26F3N7O. The van der Waals surface area contributed by atoms with Gasteiger partial charge in [-0.05, 0) is 31.8 Å². The Bertz CT molecular complexity index is 957. The molecule has 2 aromatic rings. The standard InChI is InChI=1S/C21H26F3N7O/c1-29(2)12-16(14-3-5-15(6-4-14)21(22,23)24)30-7-9-31(10-8-30)20-18-19(26-13-27-20)25-11-17(32)28-18/h3-6,13,16H,7-12H2,1-2H3,(H,28,32)(H,25,26,27). The molecule has 0 saturated carbocycles. The highest BCUT2D eigenvalue weighted by Crippen LogP contribution is 2.34. The van der Waals surface area contributed by atoms with E-state index in [0.29, 0.717) is 50.0 Å². The zero-order valence-electron chi connectivity index (χ0n) is 18.0. The molecule has 1 saturated heterocycles. The van der Waals surface area contributed by atoms with E-state index in [1.54, 1.807) is 12.1 Å². The minimum Gasteiger partial charge on any atom is -0.359 e. The molecule has 1 atom stereocenters. The molecule has 32 heavy (non-hydrogen) atoms. The number of nitrogens with one attached hydrogen (secondary N) is 2. The first-order chi connectivity index (χ1) is 15.2. The van der Waals surface area contributed by atoms with Gasteiger partial charge in [-0.1, -0.05) is 12.1 Å². The van der Waals surface area contributed by atoms with Crippen LogP contribution in [0.4, 0.5) is 30.5 Å². The van der Waals surface area contributed by atoms with Crippen molar-refractivity contribution in [2.45, 2.75) is 12.2 Å². The number of carbonyl (C=O) groups is 1. The first kappa shape index (κ1) is 22.3. The van der Waals surface area contributed by atoms with E-state index in [4.69, 9.17) is 0 Å². The molecule has 3 heterocycles. The van der Waals surface area contributed by atoms with Crippen LogP contribution in [-0.4, -0.2) is 79.0 Å². The Balaban J connectivity index is 1.49. The van der Waals surface area contributed by atoms with Gasteiger partial charge >= 0.3 is 6.18 Å². The summed E-state index contributed by atoms with van der Waals surface area (Å²) in [6, 6.07) is 5.42. The largest absolute Gasteiger partial charge is 0.416 e. The molecule has 2 aliphatic rings. The van der Waals surface area contributed by atoms with Crippen LogP contribution in [0.3, 0.4) is 0 Å². The number of alkyl halides is 3. The third-order valence-electron chi connectivity index (χ3n) is 5.72. The van der Waals surface area contributed by atoms with Crippen LogP contribution in [0.2, 0.25) is 0 Å². The topological polar surface area (TPSA) is 76.6 Å². The Morgan fingerprint density at radius 3 is 2.41 bits per heavy atom. The summed E-state index contributed by atoms with van der Waals surface area (Å²) in [6.07, 6.45) is -2.87. The van der Waals surface area contributed by atoms with Crippen LogP contribution in [0.1, 0.15) is 17.2 Å². The molecule has 4 rings (SSSR count). The Hall–Kier alpha value is -2.92. The van der Waals surface area contributed by atoms with E-state index in [2.05, 4.69) is 30.4 Å². The normalized spacial score (nSPS) is 18.2. The number of aromatic nitrogens is 2. The van der Waals surface area contributed by atoms with Crippen molar-refractivity contribution < 1.29 is 18.0 Å². The SMILES string of the molecule is CN(C)CC(c1ccc(C(F)(F)F)cc1)N1CCN(c2ncnc3c2NC(=O)CN3)CC1. The highest BCUT2D eigenvalue weighted by Gasteiger charge is 2.32. The van der Waals surface area contributed by atoms with Gasteiger partial charge in [-0.25, -0.2) is 9.97 Å². The molecule has 0 aliphatic carbocycles. The second-order valence-electron chi connectivity index (χ2n) is 8.24. The van der Waals surface area contributed by atoms with Crippen molar-refractivity contribution in [3.05, 3.63) is 41.7 Å². The molecule has 0 spiro atoms. The van der Waals surface area contributed by atoms with Crippen LogP contribution in [0, 0.1) is 0 Å². The number of piperazine rings is 1. The van der Waals surface area contributed by atoms with E-state index in [-0.39, 0.29) is 18.5 Å². The van der Waals surface area contributed by atoms with Gasteiger partial charge in [0.05, 0.1) is 12.1 Å². The third kappa shape index (κ3) is 4.78. The summed E-state index contributed by atoms with van der Waals surface area (Å²) in [5.74, 6) is 1.14. The van der Waals surface area contributed by atoms with E-state index in [0.717, 1.165) is 17.7 Å². The molecule has 2 aliphatic heterocycles. The van der Waals surface area contributed by atoms with Crippen LogP contribution in [0.25, 0.3) is 0 Å². The highest BCUT2D eigenvalue weighted by molar-refractivity contribution is 6.02. The maximum Gasteiger partial charge on any atom is 0.416 e. The lowest BCUT2D eigenvalue weighted by Crippen LogP contribution is -2.50. The molecule has 1 amide bonds. The summed E-state index contributed by atoms with van der Waals surface area (Å²) in [5, 5.41) is 5.84. The summed E-state index contributed by atoms with van der Waals surface area (Å²) >= 11 is 0. The highest BCUT2D eigenvalue weighted by atomic mass is 19.4. The predicted octanol–water partition coefficient (Wildman–Crippen LogP) is 2.28. The van der Waals surface area contributed by atoms with Crippen LogP contribution >= 0.6 is 0 Å². The molecular weight excluding hydrogens is 423 g/mol. The van der Waals surface area contributed by atoms with Gasteiger partial charge in [0, 0.05) is 38.8 Å². The first-order valence-corrected chi connectivity index (χ1v) is 10.4. The molecule has 1 aromatic carbocycles. The fraction of sp³-hybridized carbons (Fsp3) is 0.476. The van der Waals surface area contributed by atoms with E-state index in [1.165, 1.54) is 6.33 Å². The maximum atomic E-state index is 13.0. The number of likely N-dealkylation sites (N-methyl/N-ethyl adjacent to an activating group) is 1. The Kier molecular flexibility index (Phi) is 6.20. The fourth-order valence-corrected chi connectivity index (χ4v) is 4.13. The Morgan fingerprint density at radius 1 is 1.09 bits per heavy atom. The zero-order chi connectivity index (χ0) is 22.9. The van der Waals surface area contributed by atoms with Crippen molar-refractivity contribution in [3.8, 4) is 0 Å². The number of fused-ring (bicyclic) bond motifs is 1. The van der Waals surface area contributed by atoms with Crippen molar-refractivity contribution >= 4 is 23.2 Å². The van der Waals surface area contributed by atoms with Gasteiger partial charge in [-0.15, -0.1) is 0 Å². The van der Waals surface area contributed by atoms with Gasteiger partial charge in [-0.3, -0.25) is 9.69 Å². The molecule has 11 heteroatoms. The van der Waals surface area contributed by atoms with Gasteiger partial charge in [0.1, 0.15) is 12.0 Å². The van der Waals surface area contributed by atoms with Gasteiger partial charge in [0.2, 0.25) is 5.91 Å². The molecule has 8 nitrogen and oxygen atoms in total. The number of carbonyl (C=O) groups excluding carboxylic acids is 1. The van der Waals surface area contributed by atoms with E-state index < -0.39 is 11.7 Å². The third-order valence-corrected chi connectivity index (χ3v) is 5.72. The molecule has 1 fully saturated rings. The Morgan fingerprint density at radius 2 is 1.78 bits per heavy atom. The minimum atomic E-state index is -4.35. The van der Waals surface area contributed by atoms with Crippen LogP contribution in [0.5, 0.6) is 0 Å². The van der Waals surface area contributed by atoms with E-state index in [1.807, 2.05) is 19.0 Å². The first-order valence-electron chi connectivity index (χ1n) is 10.4. The van der Waals surface area contributed by atoms with Crippen molar-refractivity contribution in [2.75, 3.05) is 68.9 Å². The Labute approximate surface area is 184 Å². The fourth-order valence-electron chi connectivity index (χ4n) is 4.13. The van der Waals surface area contributed by atoms with Gasteiger partial charge in [-0.2, -0.15) is 13.2 Å². The lowest BCUT2D eigenvalue weighted by Gasteiger charge is -2.41. The summed E-state index contributed by atoms with van der Waals surface area (Å²) in [4.78, 5) is 26.8. The number of hydrogen-bond donors (Lipinski definition) is 2. The van der Waals surface area contributed by atoms with E-state index in [9.17, 15) is 18.0 Å². The molecule has 0 radical (unpaired) electrons. The average molecular weight is 449 g/mol. The number of hydrogen-bond acceptors (Lipinski definition) is 7. The van der Waals surface area contributed by atoms with Crippen molar-refractivity contribution in [3.63, 3.8) is 0 Å². The summed E-state index contributed by atoms with van der Waals surface area (Å²) in [5.41, 5.74) is 0.805. The summed E-state index contributed by atoms with van der Waals surface area (Å²) in [7, 11) is 3.91. The lowest BCUT2D eigenvalue weighted by atomic mass is 10.0. The monoisotopic (exact) mass is 449 g/mol.